The summed E-state index contributed by atoms with van der Waals surface area (Å²) in [6.45, 7) is 2.34. The highest BCUT2D eigenvalue weighted by Crippen LogP contribution is 2.46. The van der Waals surface area contributed by atoms with E-state index in [1.54, 1.807) is 36.4 Å². The highest BCUT2D eigenvalue weighted by atomic mass is 16.7. The molecule has 2 aliphatic rings. The van der Waals surface area contributed by atoms with Gasteiger partial charge in [-0.3, -0.25) is 9.59 Å². The molecule has 1 saturated heterocycles. The van der Waals surface area contributed by atoms with Gasteiger partial charge in [-0.1, -0.05) is 19.1 Å². The van der Waals surface area contributed by atoms with Crippen molar-refractivity contribution in [2.45, 2.75) is 19.4 Å². The summed E-state index contributed by atoms with van der Waals surface area (Å²) in [5.41, 5.74) is 0.895. The highest BCUT2D eigenvalue weighted by molar-refractivity contribution is 6.46. The summed E-state index contributed by atoms with van der Waals surface area (Å²) in [7, 11) is 3.00. The molecule has 2 aromatic carbocycles. The zero-order valence-corrected chi connectivity index (χ0v) is 17.5. The Labute approximate surface area is 179 Å². The summed E-state index contributed by atoms with van der Waals surface area (Å²) in [5.74, 6) is 0.165. The third kappa shape index (κ3) is 3.34. The number of aliphatic hydroxyl groups excluding tert-OH is 1. The smallest absolute Gasteiger partial charge is 0.295 e. The number of fused-ring (bicyclic) bond motifs is 1. The lowest BCUT2D eigenvalue weighted by atomic mass is 9.94. The van der Waals surface area contributed by atoms with E-state index < -0.39 is 17.7 Å². The van der Waals surface area contributed by atoms with E-state index in [1.165, 1.54) is 19.1 Å². The van der Waals surface area contributed by atoms with Crippen LogP contribution in [0.25, 0.3) is 5.76 Å². The molecule has 0 aromatic heterocycles. The molecule has 1 unspecified atom stereocenters. The zero-order chi connectivity index (χ0) is 22.1. The number of ketones is 1. The molecule has 1 fully saturated rings. The Hall–Kier alpha value is -3.68. The van der Waals surface area contributed by atoms with Crippen molar-refractivity contribution >= 4 is 17.4 Å². The van der Waals surface area contributed by atoms with Crippen molar-refractivity contribution in [3.63, 3.8) is 0 Å². The minimum atomic E-state index is -0.824. The molecule has 1 amide bonds. The van der Waals surface area contributed by atoms with Gasteiger partial charge in [0.25, 0.3) is 11.7 Å². The zero-order valence-electron chi connectivity index (χ0n) is 17.5. The fourth-order valence-electron chi connectivity index (χ4n) is 4.00. The Morgan fingerprint density at radius 2 is 1.90 bits per heavy atom. The lowest BCUT2D eigenvalue weighted by Gasteiger charge is -2.26. The SMILES string of the molecule is CCCN1C(=O)C(=O)/C(=C(/O)c2ccc3c(c2)OCO3)C1c1cccc(OC)c1OC. The molecule has 0 aliphatic carbocycles. The topological polar surface area (TPSA) is 94.5 Å². The van der Waals surface area contributed by atoms with Gasteiger partial charge in [-0.05, 0) is 30.7 Å². The number of methoxy groups -OCH3 is 2. The Kier molecular flexibility index (Phi) is 5.46. The van der Waals surface area contributed by atoms with Gasteiger partial charge in [0.1, 0.15) is 5.76 Å². The molecular weight excluding hydrogens is 402 g/mol. The molecule has 162 valence electrons. The van der Waals surface area contributed by atoms with Crippen LogP contribution in [0, 0.1) is 0 Å². The van der Waals surface area contributed by atoms with Crippen molar-refractivity contribution in [3.05, 3.63) is 53.1 Å². The maximum Gasteiger partial charge on any atom is 0.295 e. The molecule has 1 N–H and O–H groups in total. The van der Waals surface area contributed by atoms with E-state index in [9.17, 15) is 14.7 Å². The van der Waals surface area contributed by atoms with Crippen molar-refractivity contribution in [2.75, 3.05) is 27.6 Å². The number of benzene rings is 2. The van der Waals surface area contributed by atoms with E-state index in [0.29, 0.717) is 47.1 Å². The predicted octanol–water partition coefficient (Wildman–Crippen LogP) is 3.26. The van der Waals surface area contributed by atoms with E-state index >= 15 is 0 Å². The number of aliphatic hydroxyl groups is 1. The number of ether oxygens (including phenoxy) is 4. The molecule has 0 saturated carbocycles. The Bertz CT molecular complexity index is 1080. The van der Waals surface area contributed by atoms with Gasteiger partial charge in [0.15, 0.2) is 23.0 Å². The van der Waals surface area contributed by atoms with Crippen LogP contribution in [0.1, 0.15) is 30.5 Å². The second-order valence-electron chi connectivity index (χ2n) is 7.14. The predicted molar refractivity (Wildman–Crippen MR) is 111 cm³/mol. The number of nitrogens with zero attached hydrogens (tertiary/aromatic N) is 1. The quantitative estimate of drug-likeness (QED) is 0.431. The summed E-state index contributed by atoms with van der Waals surface area (Å²) in [5, 5.41) is 11.2. The molecule has 0 bridgehead atoms. The first-order valence-corrected chi connectivity index (χ1v) is 9.91. The molecular formula is C23H23NO7. The number of carbonyl (C=O) groups excluding carboxylic acids is 2. The first-order chi connectivity index (χ1) is 15.0. The summed E-state index contributed by atoms with van der Waals surface area (Å²) in [4.78, 5) is 27.4. The minimum absolute atomic E-state index is 0.0103. The van der Waals surface area contributed by atoms with Gasteiger partial charge in [0, 0.05) is 17.7 Å². The molecule has 8 nitrogen and oxygen atoms in total. The van der Waals surface area contributed by atoms with Crippen molar-refractivity contribution < 1.29 is 33.6 Å². The number of hydrogen-bond acceptors (Lipinski definition) is 7. The number of hydrogen-bond donors (Lipinski definition) is 1. The highest BCUT2D eigenvalue weighted by Gasteiger charge is 2.47. The second kappa shape index (κ2) is 8.22. The first-order valence-electron chi connectivity index (χ1n) is 9.91. The monoisotopic (exact) mass is 425 g/mol. The van der Waals surface area contributed by atoms with Crippen LogP contribution in [0.15, 0.2) is 42.0 Å². The van der Waals surface area contributed by atoms with Crippen molar-refractivity contribution in [3.8, 4) is 23.0 Å². The van der Waals surface area contributed by atoms with E-state index in [-0.39, 0.29) is 18.1 Å². The van der Waals surface area contributed by atoms with Crippen LogP contribution in [-0.4, -0.2) is 49.3 Å². The number of rotatable bonds is 6. The normalized spacial score (nSPS) is 19.1. The molecule has 31 heavy (non-hydrogen) atoms. The van der Waals surface area contributed by atoms with Gasteiger partial charge in [-0.25, -0.2) is 0 Å². The van der Waals surface area contributed by atoms with Crippen LogP contribution in [0.2, 0.25) is 0 Å². The molecule has 2 aromatic rings. The minimum Gasteiger partial charge on any atom is -0.507 e. The molecule has 8 heteroatoms. The number of amides is 1. The van der Waals surface area contributed by atoms with Crippen molar-refractivity contribution in [1.82, 2.24) is 4.90 Å². The molecule has 4 rings (SSSR count). The number of carbonyl (C=O) groups is 2. The number of likely N-dealkylation sites (tertiary alicyclic amines) is 1. The van der Waals surface area contributed by atoms with Crippen LogP contribution in [0.4, 0.5) is 0 Å². The number of para-hydroxylation sites is 1. The fourth-order valence-corrected chi connectivity index (χ4v) is 4.00. The molecule has 0 spiro atoms. The van der Waals surface area contributed by atoms with Gasteiger partial charge in [0.05, 0.1) is 25.8 Å². The lowest BCUT2D eigenvalue weighted by molar-refractivity contribution is -0.139. The van der Waals surface area contributed by atoms with Crippen molar-refractivity contribution in [2.24, 2.45) is 0 Å². The van der Waals surface area contributed by atoms with Crippen LogP contribution in [0.3, 0.4) is 0 Å². The summed E-state index contributed by atoms with van der Waals surface area (Å²) >= 11 is 0. The van der Waals surface area contributed by atoms with Gasteiger partial charge in [-0.2, -0.15) is 0 Å². The van der Waals surface area contributed by atoms with Gasteiger partial charge >= 0.3 is 0 Å². The van der Waals surface area contributed by atoms with Crippen LogP contribution in [0.5, 0.6) is 23.0 Å². The second-order valence-corrected chi connectivity index (χ2v) is 7.14. The third-order valence-corrected chi connectivity index (χ3v) is 5.38. The van der Waals surface area contributed by atoms with Crippen LogP contribution < -0.4 is 18.9 Å². The van der Waals surface area contributed by atoms with Gasteiger partial charge < -0.3 is 29.0 Å². The van der Waals surface area contributed by atoms with Gasteiger partial charge in [-0.15, -0.1) is 0 Å². The molecule has 2 aliphatic heterocycles. The Morgan fingerprint density at radius 3 is 2.61 bits per heavy atom. The van der Waals surface area contributed by atoms with E-state index in [1.807, 2.05) is 6.92 Å². The van der Waals surface area contributed by atoms with E-state index in [4.69, 9.17) is 18.9 Å². The van der Waals surface area contributed by atoms with Crippen LogP contribution in [-0.2, 0) is 9.59 Å². The molecule has 2 heterocycles. The first kappa shape index (κ1) is 20.6. The summed E-state index contributed by atoms with van der Waals surface area (Å²) in [6, 6.07) is 9.28. The van der Waals surface area contributed by atoms with Crippen molar-refractivity contribution in [1.29, 1.82) is 0 Å². The number of Topliss-reactive ketones (excluding diaryl/α,β-unsaturated/α-hetero) is 1. The average molecular weight is 425 g/mol. The van der Waals surface area contributed by atoms with E-state index in [2.05, 4.69) is 0 Å². The Balaban J connectivity index is 1.92. The van der Waals surface area contributed by atoms with Crippen LogP contribution >= 0.6 is 0 Å². The molecule has 0 radical (unpaired) electrons. The summed E-state index contributed by atoms with van der Waals surface area (Å²) < 4.78 is 21.6. The molecule has 1 atom stereocenters. The summed E-state index contributed by atoms with van der Waals surface area (Å²) in [6.07, 6.45) is 0.639. The third-order valence-electron chi connectivity index (χ3n) is 5.38. The average Bonchev–Trinajstić information content (AvgIpc) is 3.36. The lowest BCUT2D eigenvalue weighted by Crippen LogP contribution is -2.30. The Morgan fingerprint density at radius 1 is 1.13 bits per heavy atom. The maximum absolute atomic E-state index is 13.0. The van der Waals surface area contributed by atoms with Gasteiger partial charge in [0.2, 0.25) is 6.79 Å². The largest absolute Gasteiger partial charge is 0.507 e. The standard InChI is InChI=1S/C23H23NO7/c1-4-10-24-19(14-6-5-7-16(28-2)22(14)29-3)18(21(26)23(24)27)20(25)13-8-9-15-17(11-13)31-12-30-15/h5-9,11,19,25H,4,10,12H2,1-3H3/b20-18+. The maximum atomic E-state index is 13.0. The van der Waals surface area contributed by atoms with E-state index in [0.717, 1.165) is 0 Å². The fraction of sp³-hybridized carbons (Fsp3) is 0.304.